The highest BCUT2D eigenvalue weighted by atomic mass is 35.5. The lowest BCUT2D eigenvalue weighted by atomic mass is 9.88. The zero-order valence-electron chi connectivity index (χ0n) is 20.2. The Balaban J connectivity index is 1.28. The van der Waals surface area contributed by atoms with Crippen molar-refractivity contribution in [2.75, 3.05) is 24.7 Å². The van der Waals surface area contributed by atoms with Crippen LogP contribution in [0.25, 0.3) is 10.9 Å². The van der Waals surface area contributed by atoms with Crippen molar-refractivity contribution in [3.05, 3.63) is 70.3 Å². The van der Waals surface area contributed by atoms with Crippen LogP contribution in [-0.2, 0) is 13.0 Å². The average molecular weight is 541 g/mol. The van der Waals surface area contributed by atoms with Crippen molar-refractivity contribution in [1.82, 2.24) is 25.3 Å². The number of nitrogens with one attached hydrogen (secondary N) is 2. The minimum absolute atomic E-state index is 0.000639. The van der Waals surface area contributed by atoms with Crippen LogP contribution in [0.5, 0.6) is 11.8 Å². The number of thioether (sulfide) groups is 1. The Morgan fingerprint density at radius 1 is 1.19 bits per heavy atom. The fourth-order valence-electron chi connectivity index (χ4n) is 4.54. The first-order valence-corrected chi connectivity index (χ1v) is 13.6. The first kappa shape index (κ1) is 25.4. The Morgan fingerprint density at radius 2 is 2.03 bits per heavy atom. The fourth-order valence-corrected chi connectivity index (χ4v) is 5.07. The number of nitrogens with zero attached hydrogens (tertiary/aromatic N) is 4. The van der Waals surface area contributed by atoms with Gasteiger partial charge in [0.2, 0.25) is 11.8 Å². The third-order valence-corrected chi connectivity index (χ3v) is 7.05. The Kier molecular flexibility index (Phi) is 7.87. The summed E-state index contributed by atoms with van der Waals surface area (Å²) in [4.78, 5) is 16.7. The number of rotatable bonds is 9. The van der Waals surface area contributed by atoms with Gasteiger partial charge in [-0.15, -0.1) is 0 Å². The topological polar surface area (TPSA) is 105 Å². The number of anilines is 1. The van der Waals surface area contributed by atoms with Crippen molar-refractivity contribution < 1.29 is 14.2 Å². The third-order valence-electron chi connectivity index (χ3n) is 6.26. The Bertz CT molecular complexity index is 1410. The summed E-state index contributed by atoms with van der Waals surface area (Å²) in [6.45, 7) is 1.39. The average Bonchev–Trinajstić information content (AvgIpc) is 2.92. The molecule has 1 atom stereocenters. The molecule has 3 N–H and O–H groups in total. The zero-order valence-corrected chi connectivity index (χ0v) is 21.7. The molecule has 5 rings (SSSR count). The molecule has 3 aromatic heterocycles. The Morgan fingerprint density at radius 3 is 2.84 bits per heavy atom. The number of aromatic nitrogens is 4. The van der Waals surface area contributed by atoms with Crippen molar-refractivity contribution in [3.63, 3.8) is 0 Å². The van der Waals surface area contributed by atoms with E-state index in [1.165, 1.54) is 28.5 Å². The SMILES string of the molecule is CSc1nc(O)c2c(OCCNC3CCCc4ccnc(NCc5ccccc5)c43)nc(Cl)c(F)c2n1. The van der Waals surface area contributed by atoms with Gasteiger partial charge in [-0.2, -0.15) is 9.97 Å². The highest BCUT2D eigenvalue weighted by molar-refractivity contribution is 7.98. The summed E-state index contributed by atoms with van der Waals surface area (Å²) in [5, 5.41) is 17.3. The standard InChI is InChI=1S/C26H26ClFN6O2S/c1-37-26-32-21-19(24(35)34-26)25(33-22(27)20(21)28)36-13-12-29-17-9-5-8-16-10-11-30-23(18(16)17)31-14-15-6-3-2-4-7-15/h2-4,6-7,10-11,17,29H,5,8-9,12-14H2,1H3,(H,30,31)(H,32,34,35). The van der Waals surface area contributed by atoms with Gasteiger partial charge in [-0.1, -0.05) is 53.7 Å². The molecule has 4 aromatic rings. The lowest BCUT2D eigenvalue weighted by Crippen LogP contribution is -2.30. The largest absolute Gasteiger partial charge is 0.493 e. The molecule has 3 heterocycles. The van der Waals surface area contributed by atoms with Crippen LogP contribution in [0.15, 0.2) is 47.8 Å². The van der Waals surface area contributed by atoms with Gasteiger partial charge in [0.25, 0.3) is 0 Å². The third kappa shape index (κ3) is 5.56. The molecule has 0 amide bonds. The van der Waals surface area contributed by atoms with Crippen molar-refractivity contribution in [1.29, 1.82) is 0 Å². The molecule has 0 fully saturated rings. The molecule has 192 valence electrons. The van der Waals surface area contributed by atoms with Gasteiger partial charge >= 0.3 is 0 Å². The molecular weight excluding hydrogens is 515 g/mol. The fraction of sp³-hybridized carbons (Fsp3) is 0.308. The van der Waals surface area contributed by atoms with Crippen molar-refractivity contribution >= 4 is 40.1 Å². The second-order valence-corrected chi connectivity index (χ2v) is 9.73. The molecule has 1 unspecified atom stereocenters. The van der Waals surface area contributed by atoms with Crippen molar-refractivity contribution in [2.24, 2.45) is 0 Å². The number of aromatic hydroxyl groups is 1. The van der Waals surface area contributed by atoms with Crippen LogP contribution in [0.4, 0.5) is 10.2 Å². The first-order valence-electron chi connectivity index (χ1n) is 12.0. The molecular formula is C26H26ClFN6O2S. The van der Waals surface area contributed by atoms with Gasteiger partial charge in [-0.25, -0.2) is 14.4 Å². The second kappa shape index (κ2) is 11.5. The summed E-state index contributed by atoms with van der Waals surface area (Å²) in [5.41, 5.74) is 3.51. The molecule has 0 bridgehead atoms. The van der Waals surface area contributed by atoms with Gasteiger partial charge in [0.1, 0.15) is 23.3 Å². The van der Waals surface area contributed by atoms with Crippen LogP contribution >= 0.6 is 23.4 Å². The van der Waals surface area contributed by atoms with Crippen LogP contribution in [0.2, 0.25) is 5.15 Å². The molecule has 0 saturated carbocycles. The first-order chi connectivity index (χ1) is 18.0. The van der Waals surface area contributed by atoms with E-state index < -0.39 is 11.7 Å². The monoisotopic (exact) mass is 540 g/mol. The maximum atomic E-state index is 14.6. The molecule has 1 aromatic carbocycles. The molecule has 11 heteroatoms. The lowest BCUT2D eigenvalue weighted by molar-refractivity contribution is 0.292. The summed E-state index contributed by atoms with van der Waals surface area (Å²) >= 11 is 7.16. The molecule has 8 nitrogen and oxygen atoms in total. The minimum Gasteiger partial charge on any atom is -0.493 e. The Labute approximate surface area is 223 Å². The van der Waals surface area contributed by atoms with Crippen molar-refractivity contribution in [2.45, 2.75) is 37.0 Å². The van der Waals surface area contributed by atoms with E-state index in [2.05, 4.69) is 48.8 Å². The molecule has 1 aliphatic carbocycles. The maximum absolute atomic E-state index is 14.6. The summed E-state index contributed by atoms with van der Waals surface area (Å²) < 4.78 is 20.4. The van der Waals surface area contributed by atoms with E-state index in [0.717, 1.165) is 25.1 Å². The van der Waals surface area contributed by atoms with E-state index in [4.69, 9.17) is 16.3 Å². The molecule has 37 heavy (non-hydrogen) atoms. The van der Waals surface area contributed by atoms with Crippen LogP contribution in [0.3, 0.4) is 0 Å². The van der Waals surface area contributed by atoms with Crippen LogP contribution in [0.1, 0.15) is 35.6 Å². The van der Waals surface area contributed by atoms with Crippen LogP contribution < -0.4 is 15.4 Å². The van der Waals surface area contributed by atoms with Crippen molar-refractivity contribution in [3.8, 4) is 11.8 Å². The number of hydrogen-bond donors (Lipinski definition) is 3. The van der Waals surface area contributed by atoms with Crippen LogP contribution in [-0.4, -0.2) is 44.4 Å². The number of aryl methyl sites for hydroxylation is 1. The van der Waals surface area contributed by atoms with Gasteiger partial charge in [0, 0.05) is 30.9 Å². The molecule has 0 spiro atoms. The number of halogens is 2. The highest BCUT2D eigenvalue weighted by Gasteiger charge is 2.24. The number of pyridine rings is 2. The smallest absolute Gasteiger partial charge is 0.230 e. The van der Waals surface area contributed by atoms with E-state index >= 15 is 0 Å². The van der Waals surface area contributed by atoms with E-state index in [-0.39, 0.29) is 39.7 Å². The number of hydrogen-bond acceptors (Lipinski definition) is 9. The number of benzene rings is 1. The summed E-state index contributed by atoms with van der Waals surface area (Å²) in [5.74, 6) is -0.354. The Hall–Kier alpha value is -3.21. The normalized spacial score (nSPS) is 14.9. The van der Waals surface area contributed by atoms with Gasteiger partial charge in [0.05, 0.1) is 0 Å². The number of ether oxygens (including phenoxy) is 1. The van der Waals surface area contributed by atoms with E-state index in [9.17, 15) is 9.50 Å². The molecule has 1 aliphatic rings. The molecule has 0 saturated heterocycles. The van der Waals surface area contributed by atoms with E-state index in [1.54, 1.807) is 6.26 Å². The lowest BCUT2D eigenvalue weighted by Gasteiger charge is -2.28. The van der Waals surface area contributed by atoms with Gasteiger partial charge in [-0.3, -0.25) is 0 Å². The quantitative estimate of drug-likeness (QED) is 0.113. The predicted octanol–water partition coefficient (Wildman–Crippen LogP) is 5.30. The van der Waals surface area contributed by atoms with E-state index in [0.29, 0.717) is 13.1 Å². The highest BCUT2D eigenvalue weighted by Crippen LogP contribution is 2.36. The molecule has 0 aliphatic heterocycles. The summed E-state index contributed by atoms with van der Waals surface area (Å²) in [7, 11) is 0. The number of fused-ring (bicyclic) bond motifs is 2. The van der Waals surface area contributed by atoms with Gasteiger partial charge in [0.15, 0.2) is 16.1 Å². The zero-order chi connectivity index (χ0) is 25.8. The van der Waals surface area contributed by atoms with E-state index in [1.807, 2.05) is 24.4 Å². The van der Waals surface area contributed by atoms with Crippen LogP contribution in [0, 0.1) is 5.82 Å². The predicted molar refractivity (Wildman–Crippen MR) is 143 cm³/mol. The summed E-state index contributed by atoms with van der Waals surface area (Å²) in [6.07, 6.45) is 6.62. The minimum atomic E-state index is -0.822. The van der Waals surface area contributed by atoms with Gasteiger partial charge in [-0.05, 0) is 42.7 Å². The van der Waals surface area contributed by atoms with Gasteiger partial charge < -0.3 is 20.5 Å². The second-order valence-electron chi connectivity index (χ2n) is 8.60. The molecule has 0 radical (unpaired) electrons. The summed E-state index contributed by atoms with van der Waals surface area (Å²) in [6, 6.07) is 12.4. The maximum Gasteiger partial charge on any atom is 0.230 e.